The first kappa shape index (κ1) is 17.3. The molecule has 22 heavy (non-hydrogen) atoms. The van der Waals surface area contributed by atoms with Gasteiger partial charge in [0, 0.05) is 0 Å². The van der Waals surface area contributed by atoms with E-state index in [1.54, 1.807) is 0 Å². The van der Waals surface area contributed by atoms with Crippen LogP contribution in [0.2, 0.25) is 0 Å². The van der Waals surface area contributed by atoms with Crippen molar-refractivity contribution in [1.29, 1.82) is 0 Å². The summed E-state index contributed by atoms with van der Waals surface area (Å²) >= 11 is 3.84. The molecule has 0 bridgehead atoms. The monoisotopic (exact) mass is 382 g/mol. The third kappa shape index (κ3) is 3.83. The molecule has 0 saturated carbocycles. The Bertz CT molecular complexity index is 602. The van der Waals surface area contributed by atoms with Gasteiger partial charge in [-0.15, -0.1) is 0 Å². The number of benzene rings is 2. The molecule has 0 aliphatic heterocycles. The van der Waals surface area contributed by atoms with Gasteiger partial charge in [0.15, 0.2) is 0 Å². The van der Waals surface area contributed by atoms with Gasteiger partial charge in [-0.25, -0.2) is 0 Å². The average molecular weight is 383 g/mol. The first-order chi connectivity index (χ1) is 10.2. The van der Waals surface area contributed by atoms with Gasteiger partial charge in [0.1, 0.15) is 0 Å². The van der Waals surface area contributed by atoms with Gasteiger partial charge in [0.25, 0.3) is 0 Å². The molecule has 2 rings (SSSR count). The maximum absolute atomic E-state index is 6.39. The molecule has 0 aliphatic carbocycles. The molecule has 0 radical (unpaired) electrons. The first-order valence-electron chi connectivity index (χ1n) is 7.41. The molecule has 120 valence electrons. The van der Waals surface area contributed by atoms with Gasteiger partial charge in [-0.1, -0.05) is 0 Å². The zero-order valence-electron chi connectivity index (χ0n) is 13.8. The van der Waals surface area contributed by atoms with E-state index in [9.17, 15) is 0 Å². The number of hydrogen-bond donors (Lipinski definition) is 0. The minimum atomic E-state index is -2.68. The molecular weight excluding hydrogens is 359 g/mol. The molecule has 2 aromatic carbocycles. The summed E-state index contributed by atoms with van der Waals surface area (Å²) in [6.45, 7) is 10.5. The van der Waals surface area contributed by atoms with Crippen molar-refractivity contribution in [1.82, 2.24) is 0 Å². The van der Waals surface area contributed by atoms with Gasteiger partial charge < -0.3 is 0 Å². The van der Waals surface area contributed by atoms with Crippen molar-refractivity contribution in [3.8, 4) is 11.5 Å². The molecule has 0 amide bonds. The second-order valence-electron chi connectivity index (χ2n) is 6.52. The van der Waals surface area contributed by atoms with E-state index in [1.165, 1.54) is 0 Å². The Morgan fingerprint density at radius 3 is 1.45 bits per heavy atom. The predicted molar refractivity (Wildman–Crippen MR) is 101 cm³/mol. The summed E-state index contributed by atoms with van der Waals surface area (Å²) in [5.41, 5.74) is 2.22. The molecule has 0 aromatic heterocycles. The Hall–Kier alpha value is -1.05. The fraction of sp³-hybridized carbons (Fsp3) is 0.333. The second-order valence-corrected chi connectivity index (χ2v) is 12.6. The third-order valence-corrected chi connectivity index (χ3v) is 10.9. The quantitative estimate of drug-likeness (QED) is 0.565. The van der Waals surface area contributed by atoms with Crippen molar-refractivity contribution in [2.45, 2.75) is 39.8 Å². The van der Waals surface area contributed by atoms with Gasteiger partial charge in [0.2, 0.25) is 0 Å². The van der Waals surface area contributed by atoms with Crippen LogP contribution in [0.3, 0.4) is 0 Å². The van der Waals surface area contributed by atoms with Crippen LogP contribution >= 0.6 is 21.9 Å². The van der Waals surface area contributed by atoms with Crippen LogP contribution in [0.15, 0.2) is 48.5 Å². The predicted octanol–water partition coefficient (Wildman–Crippen LogP) is 6.45. The van der Waals surface area contributed by atoms with Crippen LogP contribution in [-0.4, -0.2) is 5.16 Å². The molecule has 0 unspecified atom stereocenters. The fourth-order valence-electron chi connectivity index (χ4n) is 1.95. The third-order valence-electron chi connectivity index (χ3n) is 3.57. The second kappa shape index (κ2) is 6.60. The van der Waals surface area contributed by atoms with Crippen LogP contribution in [0.5, 0.6) is 11.5 Å². The SMILES string of the molecule is Cc1ccccc1O[PH](Br)(Oc1ccccc1C)C(C)(C)C. The summed E-state index contributed by atoms with van der Waals surface area (Å²) in [5.74, 6) is 1.74. The molecule has 2 nitrogen and oxygen atoms in total. The van der Waals surface area contributed by atoms with Crippen LogP contribution in [-0.2, 0) is 0 Å². The summed E-state index contributed by atoms with van der Waals surface area (Å²) in [4.78, 5) is 0. The van der Waals surface area contributed by atoms with Crippen molar-refractivity contribution in [2.24, 2.45) is 0 Å². The number of para-hydroxylation sites is 2. The standard InChI is InChI=1S/C18H24BrO2P/c1-14-10-6-8-12-16(14)20-22(19,18(3,4)5)21-17-13-9-7-11-15(17)2/h6-13,22H,1-5H3. The average Bonchev–Trinajstić information content (AvgIpc) is 2.43. The summed E-state index contributed by atoms with van der Waals surface area (Å²) in [6, 6.07) is 16.1. The zero-order chi connectivity index (χ0) is 16.4. The minimum absolute atomic E-state index is 0.141. The van der Waals surface area contributed by atoms with Crippen molar-refractivity contribution in [3.05, 3.63) is 59.7 Å². The molecule has 4 heteroatoms. The van der Waals surface area contributed by atoms with E-state index in [-0.39, 0.29) is 5.16 Å². The molecule has 0 atom stereocenters. The Labute approximate surface area is 142 Å². The number of rotatable bonds is 4. The van der Waals surface area contributed by atoms with E-state index in [1.807, 2.05) is 62.4 Å². The summed E-state index contributed by atoms with van der Waals surface area (Å²) in [5, 5.41) is -0.141. The molecule has 0 heterocycles. The van der Waals surface area contributed by atoms with E-state index < -0.39 is 6.42 Å². The molecule has 0 aliphatic rings. The van der Waals surface area contributed by atoms with Gasteiger partial charge in [-0.3, -0.25) is 0 Å². The summed E-state index contributed by atoms with van der Waals surface area (Å²) in [7, 11) is 0. The van der Waals surface area contributed by atoms with Crippen LogP contribution < -0.4 is 9.05 Å². The summed E-state index contributed by atoms with van der Waals surface area (Å²) < 4.78 is 12.8. The van der Waals surface area contributed by atoms with Crippen LogP contribution in [0.25, 0.3) is 0 Å². The van der Waals surface area contributed by atoms with E-state index in [4.69, 9.17) is 9.05 Å². The molecular formula is C18H24BrO2P. The number of halogens is 1. The van der Waals surface area contributed by atoms with Gasteiger partial charge in [-0.05, 0) is 0 Å². The Morgan fingerprint density at radius 1 is 0.773 bits per heavy atom. The van der Waals surface area contributed by atoms with E-state index >= 15 is 0 Å². The Kier molecular flexibility index (Phi) is 5.19. The Balaban J connectivity index is 2.37. The zero-order valence-corrected chi connectivity index (χ0v) is 16.4. The van der Waals surface area contributed by atoms with Crippen LogP contribution in [0.4, 0.5) is 0 Å². The van der Waals surface area contributed by atoms with Crippen molar-refractivity contribution < 1.29 is 9.05 Å². The molecule has 2 aromatic rings. The fourth-order valence-corrected chi connectivity index (χ4v) is 4.68. The Morgan fingerprint density at radius 2 is 1.14 bits per heavy atom. The first-order valence-corrected chi connectivity index (χ1v) is 11.5. The van der Waals surface area contributed by atoms with Crippen molar-refractivity contribution in [3.63, 3.8) is 0 Å². The molecule has 0 spiro atoms. The number of hydrogen-bond acceptors (Lipinski definition) is 2. The van der Waals surface area contributed by atoms with Gasteiger partial charge in [0.05, 0.1) is 0 Å². The normalized spacial score (nSPS) is 12.8. The molecule has 0 N–H and O–H groups in total. The van der Waals surface area contributed by atoms with Crippen molar-refractivity contribution in [2.75, 3.05) is 0 Å². The van der Waals surface area contributed by atoms with Crippen LogP contribution in [0, 0.1) is 13.8 Å². The van der Waals surface area contributed by atoms with Crippen molar-refractivity contribution >= 4 is 21.9 Å². The topological polar surface area (TPSA) is 18.5 Å². The van der Waals surface area contributed by atoms with E-state index in [0.717, 1.165) is 22.6 Å². The number of aryl methyl sites for hydroxylation is 2. The van der Waals surface area contributed by atoms with Gasteiger partial charge >= 0.3 is 142 Å². The maximum atomic E-state index is 6.39. The summed E-state index contributed by atoms with van der Waals surface area (Å²) in [6.07, 6.45) is -2.68. The molecule has 0 fully saturated rings. The van der Waals surface area contributed by atoms with E-state index in [0.29, 0.717) is 0 Å². The van der Waals surface area contributed by atoms with Crippen LogP contribution in [0.1, 0.15) is 31.9 Å². The van der Waals surface area contributed by atoms with Gasteiger partial charge in [-0.2, -0.15) is 0 Å². The molecule has 0 saturated heterocycles. The van der Waals surface area contributed by atoms with E-state index in [2.05, 4.69) is 36.3 Å².